The third-order valence-electron chi connectivity index (χ3n) is 6.19. The zero-order valence-corrected chi connectivity index (χ0v) is 18.2. The van der Waals surface area contributed by atoms with Crippen molar-refractivity contribution in [1.82, 2.24) is 9.88 Å². The van der Waals surface area contributed by atoms with Gasteiger partial charge in [0.2, 0.25) is 5.43 Å². The van der Waals surface area contributed by atoms with E-state index < -0.39 is 18.0 Å². The van der Waals surface area contributed by atoms with E-state index in [1.54, 1.807) is 23.6 Å². The Kier molecular flexibility index (Phi) is 5.62. The number of hydrogen-bond donors (Lipinski definition) is 1. The van der Waals surface area contributed by atoms with Gasteiger partial charge in [0.15, 0.2) is 5.75 Å². The number of rotatable bonds is 6. The van der Waals surface area contributed by atoms with Gasteiger partial charge in [0, 0.05) is 24.3 Å². The van der Waals surface area contributed by atoms with Gasteiger partial charge in [0.05, 0.1) is 17.5 Å². The zero-order valence-electron chi connectivity index (χ0n) is 18.2. The maximum Gasteiger partial charge on any atom is 0.387 e. The van der Waals surface area contributed by atoms with Gasteiger partial charge in [-0.1, -0.05) is 12.1 Å². The van der Waals surface area contributed by atoms with Crippen LogP contribution in [0.1, 0.15) is 47.3 Å². The zero-order chi connectivity index (χ0) is 23.1. The van der Waals surface area contributed by atoms with Crippen LogP contribution in [0.2, 0.25) is 0 Å². The molecule has 6 nitrogen and oxygen atoms in total. The van der Waals surface area contributed by atoms with Gasteiger partial charge in [-0.25, -0.2) is 4.79 Å². The van der Waals surface area contributed by atoms with Crippen molar-refractivity contribution in [1.29, 1.82) is 0 Å². The highest BCUT2D eigenvalue weighted by molar-refractivity contribution is 5.98. The molecule has 2 aromatic carbocycles. The number of fused-ring (bicyclic) bond motifs is 2. The molecule has 5 rings (SSSR count). The van der Waals surface area contributed by atoms with Gasteiger partial charge < -0.3 is 19.4 Å². The third-order valence-corrected chi connectivity index (χ3v) is 6.19. The normalized spacial score (nSPS) is 15.5. The van der Waals surface area contributed by atoms with Gasteiger partial charge in [-0.3, -0.25) is 4.79 Å². The molecule has 1 aliphatic carbocycles. The summed E-state index contributed by atoms with van der Waals surface area (Å²) >= 11 is 0. The first kappa shape index (κ1) is 21.6. The molecule has 1 fully saturated rings. The largest absolute Gasteiger partial charge is 0.462 e. The molecule has 0 radical (unpaired) electrons. The van der Waals surface area contributed by atoms with Gasteiger partial charge in [-0.15, -0.1) is 0 Å². The van der Waals surface area contributed by atoms with Crippen molar-refractivity contribution in [3.05, 3.63) is 63.4 Å². The monoisotopic (exact) mass is 454 g/mol. The summed E-state index contributed by atoms with van der Waals surface area (Å²) in [6, 6.07) is 9.10. The number of pyridine rings is 1. The number of nitrogens with zero attached hydrogens (tertiary/aromatic N) is 1. The molecule has 0 bridgehead atoms. The van der Waals surface area contributed by atoms with Crippen LogP contribution in [0, 0.1) is 0 Å². The summed E-state index contributed by atoms with van der Waals surface area (Å²) in [5.41, 5.74) is 3.17. The predicted molar refractivity (Wildman–Crippen MR) is 120 cm³/mol. The Balaban J connectivity index is 1.77. The molecule has 1 saturated carbocycles. The van der Waals surface area contributed by atoms with E-state index in [2.05, 4.69) is 5.32 Å². The number of ether oxygens (including phenoxy) is 2. The highest BCUT2D eigenvalue weighted by Crippen LogP contribution is 2.43. The molecule has 33 heavy (non-hydrogen) atoms. The number of hydrogen-bond acceptors (Lipinski definition) is 5. The van der Waals surface area contributed by atoms with E-state index in [1.165, 1.54) is 11.8 Å². The van der Waals surface area contributed by atoms with Crippen molar-refractivity contribution in [2.45, 2.75) is 45.4 Å². The van der Waals surface area contributed by atoms with E-state index >= 15 is 0 Å². The second kappa shape index (κ2) is 8.59. The Bertz CT molecular complexity index is 1300. The number of carbonyl (C=O) groups excluding carboxylic acids is 1. The van der Waals surface area contributed by atoms with Gasteiger partial charge in [-0.2, -0.15) is 8.78 Å². The van der Waals surface area contributed by atoms with Crippen LogP contribution in [0.25, 0.3) is 22.0 Å². The fraction of sp³-hybridized carbons (Fsp3) is 0.360. The Morgan fingerprint density at radius 1 is 1.21 bits per heavy atom. The van der Waals surface area contributed by atoms with Gasteiger partial charge >= 0.3 is 12.6 Å². The van der Waals surface area contributed by atoms with Crippen LogP contribution in [0.5, 0.6) is 5.75 Å². The molecular weight excluding hydrogens is 430 g/mol. The number of nitrogens with one attached hydrogen (secondary N) is 1. The molecule has 0 amide bonds. The minimum atomic E-state index is -3.07. The van der Waals surface area contributed by atoms with Crippen molar-refractivity contribution in [3.63, 3.8) is 0 Å². The van der Waals surface area contributed by atoms with Gasteiger partial charge in [0.25, 0.3) is 0 Å². The van der Waals surface area contributed by atoms with E-state index in [1.807, 2.05) is 18.2 Å². The summed E-state index contributed by atoms with van der Waals surface area (Å²) in [6.45, 7) is 0.329. The number of carbonyl (C=O) groups is 1. The van der Waals surface area contributed by atoms with Crippen LogP contribution in [-0.4, -0.2) is 30.3 Å². The van der Waals surface area contributed by atoms with E-state index in [0.29, 0.717) is 12.1 Å². The molecule has 172 valence electrons. The minimum Gasteiger partial charge on any atom is -0.462 e. The van der Waals surface area contributed by atoms with Crippen molar-refractivity contribution in [3.8, 4) is 16.9 Å². The lowest BCUT2D eigenvalue weighted by molar-refractivity contribution is -0.0486. The van der Waals surface area contributed by atoms with Crippen LogP contribution in [0.3, 0.4) is 0 Å². The molecule has 1 aromatic heterocycles. The van der Waals surface area contributed by atoms with E-state index in [0.717, 1.165) is 36.9 Å². The summed E-state index contributed by atoms with van der Waals surface area (Å²) in [6.07, 6.45) is 3.98. The SMILES string of the molecule is CCOC(=O)c1cn(C2CC2)c2c(OC(F)F)c(-c3ccc4c(c3)CNCC4)ccc2c1=O. The van der Waals surface area contributed by atoms with Crippen molar-refractivity contribution in [2.24, 2.45) is 0 Å². The molecule has 1 aliphatic heterocycles. The lowest BCUT2D eigenvalue weighted by Gasteiger charge is -2.21. The van der Waals surface area contributed by atoms with Crippen LogP contribution in [-0.2, 0) is 17.7 Å². The van der Waals surface area contributed by atoms with Crippen molar-refractivity contribution >= 4 is 16.9 Å². The average Bonchev–Trinajstić information content (AvgIpc) is 3.64. The number of aromatic nitrogens is 1. The lowest BCUT2D eigenvalue weighted by Crippen LogP contribution is -2.23. The molecule has 0 spiro atoms. The lowest BCUT2D eigenvalue weighted by atomic mass is 9.94. The van der Waals surface area contributed by atoms with Crippen LogP contribution in [0.15, 0.2) is 41.3 Å². The van der Waals surface area contributed by atoms with E-state index in [9.17, 15) is 18.4 Å². The number of benzene rings is 2. The van der Waals surface area contributed by atoms with Crippen molar-refractivity contribution < 1.29 is 23.0 Å². The Morgan fingerprint density at radius 3 is 2.76 bits per heavy atom. The second-order valence-corrected chi connectivity index (χ2v) is 8.36. The highest BCUT2D eigenvalue weighted by atomic mass is 19.3. The second-order valence-electron chi connectivity index (χ2n) is 8.36. The topological polar surface area (TPSA) is 69.6 Å². The Labute approximate surface area is 189 Å². The standard InChI is InChI=1S/C25H24F2N2O4/c1-2-32-24(31)20-13-29(17-5-6-17)21-19(22(20)30)8-7-18(23(21)33-25(26)27)15-4-3-14-9-10-28-12-16(14)11-15/h3-4,7-8,11,13,17,25,28H,2,5-6,9-10,12H2,1H3. The number of halogens is 2. The average molecular weight is 454 g/mol. The molecule has 0 unspecified atom stereocenters. The highest BCUT2D eigenvalue weighted by Gasteiger charge is 2.30. The first-order valence-corrected chi connectivity index (χ1v) is 11.1. The maximum absolute atomic E-state index is 13.6. The smallest absolute Gasteiger partial charge is 0.387 e. The van der Waals surface area contributed by atoms with Crippen molar-refractivity contribution in [2.75, 3.05) is 13.2 Å². The number of alkyl halides is 2. The molecule has 3 aromatic rings. The molecular formula is C25H24F2N2O4. The van der Waals surface area contributed by atoms with E-state index in [-0.39, 0.29) is 34.9 Å². The first-order chi connectivity index (χ1) is 16.0. The summed E-state index contributed by atoms with van der Waals surface area (Å²) in [4.78, 5) is 25.6. The molecule has 0 atom stereocenters. The summed E-state index contributed by atoms with van der Waals surface area (Å²) in [5, 5.41) is 3.48. The summed E-state index contributed by atoms with van der Waals surface area (Å²) in [5.74, 6) is -0.771. The predicted octanol–water partition coefficient (Wildman–Crippen LogP) is 4.43. The van der Waals surface area contributed by atoms with Crippen LogP contribution in [0.4, 0.5) is 8.78 Å². The van der Waals surface area contributed by atoms with Crippen LogP contribution >= 0.6 is 0 Å². The Hall–Kier alpha value is -3.26. The summed E-state index contributed by atoms with van der Waals surface area (Å²) in [7, 11) is 0. The maximum atomic E-state index is 13.6. The minimum absolute atomic E-state index is 0.00396. The fourth-order valence-corrected chi connectivity index (χ4v) is 4.50. The van der Waals surface area contributed by atoms with E-state index in [4.69, 9.17) is 9.47 Å². The molecule has 0 saturated heterocycles. The van der Waals surface area contributed by atoms with Gasteiger partial charge in [-0.05, 0) is 67.6 Å². The molecule has 1 N–H and O–H groups in total. The molecule has 2 heterocycles. The summed E-state index contributed by atoms with van der Waals surface area (Å²) < 4.78 is 39.0. The molecule has 8 heteroatoms. The quantitative estimate of drug-likeness (QED) is 0.558. The Morgan fingerprint density at radius 2 is 2.03 bits per heavy atom. The fourth-order valence-electron chi connectivity index (χ4n) is 4.50. The molecule has 2 aliphatic rings. The van der Waals surface area contributed by atoms with Gasteiger partial charge in [0.1, 0.15) is 5.56 Å². The first-order valence-electron chi connectivity index (χ1n) is 11.1. The third kappa shape index (κ3) is 3.99. The number of esters is 1. The van der Waals surface area contributed by atoms with Crippen LogP contribution < -0.4 is 15.5 Å².